The van der Waals surface area contributed by atoms with E-state index in [4.69, 9.17) is 4.74 Å². The summed E-state index contributed by atoms with van der Waals surface area (Å²) in [6.07, 6.45) is -3.84. The first-order valence-electron chi connectivity index (χ1n) is 10.4. The number of carbonyl (C=O) groups is 2. The van der Waals surface area contributed by atoms with Crippen molar-refractivity contribution in [3.05, 3.63) is 59.7 Å². The van der Waals surface area contributed by atoms with Crippen molar-refractivity contribution in [3.63, 3.8) is 0 Å². The van der Waals surface area contributed by atoms with Gasteiger partial charge in [-0.05, 0) is 56.0 Å². The molecule has 0 heterocycles. The molecule has 2 N–H and O–H groups in total. The molecule has 0 saturated carbocycles. The lowest BCUT2D eigenvalue weighted by Gasteiger charge is -2.23. The molecule has 0 radical (unpaired) electrons. The number of alkyl carbamates (subject to hydrolysis) is 1. The molecule has 0 spiro atoms. The van der Waals surface area contributed by atoms with Crippen molar-refractivity contribution in [2.75, 3.05) is 0 Å². The average Bonchev–Trinajstić information content (AvgIpc) is 2.70. The predicted molar refractivity (Wildman–Crippen MR) is 117 cm³/mol. The molecule has 174 valence electrons. The first-order valence-corrected chi connectivity index (χ1v) is 10.4. The van der Waals surface area contributed by atoms with Gasteiger partial charge in [-0.1, -0.05) is 49.7 Å². The Morgan fingerprint density at radius 3 is 1.94 bits per heavy atom. The van der Waals surface area contributed by atoms with Gasteiger partial charge in [0.05, 0.1) is 5.56 Å². The zero-order valence-corrected chi connectivity index (χ0v) is 18.7. The maximum Gasteiger partial charge on any atom is 0.416 e. The van der Waals surface area contributed by atoms with E-state index in [0.717, 1.165) is 23.3 Å². The summed E-state index contributed by atoms with van der Waals surface area (Å²) in [5.74, 6) is -0.315. The largest absolute Gasteiger partial charge is 0.444 e. The van der Waals surface area contributed by atoms with E-state index >= 15 is 0 Å². The minimum absolute atomic E-state index is 0.252. The molecule has 0 aliphatic rings. The van der Waals surface area contributed by atoms with Crippen molar-refractivity contribution in [1.82, 2.24) is 10.6 Å². The van der Waals surface area contributed by atoms with E-state index in [9.17, 15) is 22.8 Å². The van der Waals surface area contributed by atoms with Crippen LogP contribution >= 0.6 is 0 Å². The van der Waals surface area contributed by atoms with Gasteiger partial charge in [-0.25, -0.2) is 4.79 Å². The number of halogens is 3. The van der Waals surface area contributed by atoms with E-state index in [1.807, 2.05) is 6.92 Å². The summed E-state index contributed by atoms with van der Waals surface area (Å²) in [7, 11) is 0. The van der Waals surface area contributed by atoms with Crippen LogP contribution in [0.1, 0.15) is 51.7 Å². The van der Waals surface area contributed by atoms with Gasteiger partial charge < -0.3 is 15.4 Å². The SMILES string of the molecule is CCC[C@H](NC(=O)OC(C)(C)C)C(=O)NCc1ccc(-c2ccc(C(F)(F)F)cc2)cc1. The molecule has 2 aromatic carbocycles. The van der Waals surface area contributed by atoms with Crippen molar-refractivity contribution < 1.29 is 27.5 Å². The van der Waals surface area contributed by atoms with Crippen molar-refractivity contribution in [1.29, 1.82) is 0 Å². The van der Waals surface area contributed by atoms with Crippen molar-refractivity contribution in [2.45, 2.75) is 64.9 Å². The van der Waals surface area contributed by atoms with Gasteiger partial charge >= 0.3 is 12.3 Å². The monoisotopic (exact) mass is 450 g/mol. The fourth-order valence-corrected chi connectivity index (χ4v) is 2.99. The molecule has 2 rings (SSSR count). The van der Waals surface area contributed by atoms with Gasteiger partial charge in [-0.3, -0.25) is 4.79 Å². The highest BCUT2D eigenvalue weighted by atomic mass is 19.4. The summed E-state index contributed by atoms with van der Waals surface area (Å²) in [4.78, 5) is 24.5. The van der Waals surface area contributed by atoms with Crippen LogP contribution in [-0.4, -0.2) is 23.6 Å². The summed E-state index contributed by atoms with van der Waals surface area (Å²) in [5, 5.41) is 5.40. The Morgan fingerprint density at radius 1 is 0.938 bits per heavy atom. The Kier molecular flexibility index (Phi) is 8.30. The third-order valence-corrected chi connectivity index (χ3v) is 4.55. The highest BCUT2D eigenvalue weighted by molar-refractivity contribution is 5.85. The van der Waals surface area contributed by atoms with Crippen LogP contribution in [0.4, 0.5) is 18.0 Å². The Morgan fingerprint density at radius 2 is 1.47 bits per heavy atom. The zero-order valence-electron chi connectivity index (χ0n) is 18.7. The number of nitrogens with one attached hydrogen (secondary N) is 2. The second kappa shape index (κ2) is 10.5. The summed E-state index contributed by atoms with van der Waals surface area (Å²) < 4.78 is 43.3. The topological polar surface area (TPSA) is 67.4 Å². The fourth-order valence-electron chi connectivity index (χ4n) is 2.99. The molecule has 2 aromatic rings. The van der Waals surface area contributed by atoms with E-state index in [1.165, 1.54) is 12.1 Å². The van der Waals surface area contributed by atoms with E-state index in [-0.39, 0.29) is 12.5 Å². The van der Waals surface area contributed by atoms with Gasteiger partial charge in [0.2, 0.25) is 5.91 Å². The number of hydrogen-bond donors (Lipinski definition) is 2. The quantitative estimate of drug-likeness (QED) is 0.570. The van der Waals surface area contributed by atoms with Gasteiger partial charge in [0, 0.05) is 6.54 Å². The van der Waals surface area contributed by atoms with Crippen LogP contribution in [0.2, 0.25) is 0 Å². The maximum atomic E-state index is 12.7. The first kappa shape index (κ1) is 25.2. The number of ether oxygens (including phenoxy) is 1. The van der Waals surface area contributed by atoms with Crippen LogP contribution in [-0.2, 0) is 22.3 Å². The number of benzene rings is 2. The third kappa shape index (κ3) is 7.90. The molecule has 1 atom stereocenters. The molecule has 8 heteroatoms. The fraction of sp³-hybridized carbons (Fsp3) is 0.417. The van der Waals surface area contributed by atoms with E-state index < -0.39 is 29.5 Å². The standard InChI is InChI=1S/C24H29F3N2O3/c1-5-6-20(29-22(31)32-23(2,3)4)21(30)28-15-16-7-9-17(10-8-16)18-11-13-19(14-12-18)24(25,26)27/h7-14,20H,5-6,15H2,1-4H3,(H,28,30)(H,29,31)/t20-/m0/s1. The second-order valence-electron chi connectivity index (χ2n) is 8.48. The van der Waals surface area contributed by atoms with Crippen LogP contribution in [0.5, 0.6) is 0 Å². The molecule has 0 bridgehead atoms. The number of carbonyl (C=O) groups excluding carboxylic acids is 2. The number of hydrogen-bond acceptors (Lipinski definition) is 3. The molecular formula is C24H29F3N2O3. The van der Waals surface area contributed by atoms with Gasteiger partial charge in [0.25, 0.3) is 0 Å². The Labute approximate surface area is 186 Å². The van der Waals surface area contributed by atoms with E-state index in [1.54, 1.807) is 45.0 Å². The molecule has 0 unspecified atom stereocenters. The summed E-state index contributed by atoms with van der Waals surface area (Å²) in [6, 6.07) is 11.4. The molecule has 5 nitrogen and oxygen atoms in total. The summed E-state index contributed by atoms with van der Waals surface area (Å²) >= 11 is 0. The van der Waals surface area contributed by atoms with Crippen molar-refractivity contribution in [2.24, 2.45) is 0 Å². The van der Waals surface area contributed by atoms with Gasteiger partial charge in [0.15, 0.2) is 0 Å². The Bertz CT molecular complexity index is 902. The molecule has 32 heavy (non-hydrogen) atoms. The molecule has 0 saturated heterocycles. The van der Waals surface area contributed by atoms with E-state index in [0.29, 0.717) is 18.4 Å². The number of alkyl halides is 3. The molecule has 0 aliphatic heterocycles. The minimum Gasteiger partial charge on any atom is -0.444 e. The second-order valence-corrected chi connectivity index (χ2v) is 8.48. The first-order chi connectivity index (χ1) is 14.9. The third-order valence-electron chi connectivity index (χ3n) is 4.55. The molecule has 2 amide bonds. The normalized spacial score (nSPS) is 12.7. The van der Waals surface area contributed by atoms with Gasteiger partial charge in [-0.2, -0.15) is 13.2 Å². The highest BCUT2D eigenvalue weighted by Crippen LogP contribution is 2.31. The smallest absolute Gasteiger partial charge is 0.416 e. The average molecular weight is 451 g/mol. The van der Waals surface area contributed by atoms with Crippen molar-refractivity contribution in [3.8, 4) is 11.1 Å². The zero-order chi connectivity index (χ0) is 23.9. The molecule has 0 aromatic heterocycles. The van der Waals surface area contributed by atoms with Crippen LogP contribution in [0.15, 0.2) is 48.5 Å². The molecule has 0 aliphatic carbocycles. The Balaban J connectivity index is 1.96. The lowest BCUT2D eigenvalue weighted by atomic mass is 10.0. The number of amides is 2. The van der Waals surface area contributed by atoms with Gasteiger partial charge in [0.1, 0.15) is 11.6 Å². The number of rotatable bonds is 7. The predicted octanol–water partition coefficient (Wildman–Crippen LogP) is 5.68. The minimum atomic E-state index is -4.37. The summed E-state index contributed by atoms with van der Waals surface area (Å²) in [6.45, 7) is 7.40. The highest BCUT2D eigenvalue weighted by Gasteiger charge is 2.30. The maximum absolute atomic E-state index is 12.7. The van der Waals surface area contributed by atoms with Gasteiger partial charge in [-0.15, -0.1) is 0 Å². The van der Waals surface area contributed by atoms with Crippen LogP contribution < -0.4 is 10.6 Å². The van der Waals surface area contributed by atoms with Crippen molar-refractivity contribution >= 4 is 12.0 Å². The molecular weight excluding hydrogens is 421 g/mol. The molecule has 0 fully saturated rings. The van der Waals surface area contributed by atoms with E-state index in [2.05, 4.69) is 10.6 Å². The van der Waals surface area contributed by atoms with Crippen LogP contribution in [0, 0.1) is 0 Å². The Hall–Kier alpha value is -3.03. The summed E-state index contributed by atoms with van der Waals surface area (Å²) in [5.41, 5.74) is 0.901. The lowest BCUT2D eigenvalue weighted by Crippen LogP contribution is -2.47. The van der Waals surface area contributed by atoms with Crippen LogP contribution in [0.25, 0.3) is 11.1 Å². The van der Waals surface area contributed by atoms with Crippen LogP contribution in [0.3, 0.4) is 0 Å². The lowest BCUT2D eigenvalue weighted by molar-refractivity contribution is -0.137.